The molecule has 0 aliphatic heterocycles. The minimum absolute atomic E-state index is 0.442. The smallest absolute Gasteiger partial charge is 0.310 e. The summed E-state index contributed by atoms with van der Waals surface area (Å²) in [6, 6.07) is 11.3. The van der Waals surface area contributed by atoms with E-state index < -0.39 is 17.7 Å². The summed E-state index contributed by atoms with van der Waals surface area (Å²) in [7, 11) is 0. The van der Waals surface area contributed by atoms with Crippen molar-refractivity contribution >= 4 is 17.6 Å². The molecular weight excluding hydrogens is 267 g/mol. The van der Waals surface area contributed by atoms with E-state index in [1.165, 1.54) is 19.1 Å². The SMILES string of the molecule is C[C@H](C(=O)O)c1cc(F)cc(-c2ccc(Cl)cc2)c1. The minimum Gasteiger partial charge on any atom is -0.481 e. The number of halogens is 2. The van der Waals surface area contributed by atoms with Crippen LogP contribution in [-0.2, 0) is 4.79 Å². The molecule has 0 heterocycles. The van der Waals surface area contributed by atoms with E-state index in [4.69, 9.17) is 16.7 Å². The molecule has 0 spiro atoms. The Morgan fingerprint density at radius 1 is 1.16 bits per heavy atom. The second kappa shape index (κ2) is 5.41. The van der Waals surface area contributed by atoms with Gasteiger partial charge in [0.1, 0.15) is 5.82 Å². The van der Waals surface area contributed by atoms with Crippen molar-refractivity contribution in [3.63, 3.8) is 0 Å². The first kappa shape index (κ1) is 13.6. The molecule has 1 atom stereocenters. The number of carboxylic acid groups (broad SMARTS) is 1. The second-order valence-corrected chi connectivity index (χ2v) is 4.78. The monoisotopic (exact) mass is 278 g/mol. The minimum atomic E-state index is -0.979. The quantitative estimate of drug-likeness (QED) is 0.907. The van der Waals surface area contributed by atoms with Gasteiger partial charge >= 0.3 is 5.97 Å². The lowest BCUT2D eigenvalue weighted by Gasteiger charge is -2.10. The zero-order valence-corrected chi connectivity index (χ0v) is 11.0. The zero-order valence-electron chi connectivity index (χ0n) is 10.2. The molecule has 0 saturated carbocycles. The van der Waals surface area contributed by atoms with Crippen molar-refractivity contribution in [1.29, 1.82) is 0 Å². The van der Waals surface area contributed by atoms with Crippen LogP contribution in [0, 0.1) is 5.82 Å². The van der Waals surface area contributed by atoms with Gasteiger partial charge in [0, 0.05) is 5.02 Å². The highest BCUT2D eigenvalue weighted by atomic mass is 35.5. The number of hydrogen-bond acceptors (Lipinski definition) is 1. The average Bonchev–Trinajstić information content (AvgIpc) is 2.37. The molecule has 0 radical (unpaired) electrons. The fraction of sp³-hybridized carbons (Fsp3) is 0.133. The first-order chi connectivity index (χ1) is 8.97. The predicted molar refractivity (Wildman–Crippen MR) is 72.9 cm³/mol. The van der Waals surface area contributed by atoms with Gasteiger partial charge in [-0.05, 0) is 47.9 Å². The molecule has 0 aliphatic carbocycles. The fourth-order valence-electron chi connectivity index (χ4n) is 1.81. The van der Waals surface area contributed by atoms with Crippen LogP contribution in [0.4, 0.5) is 4.39 Å². The van der Waals surface area contributed by atoms with Crippen LogP contribution in [0.15, 0.2) is 42.5 Å². The lowest BCUT2D eigenvalue weighted by Crippen LogP contribution is -2.07. The summed E-state index contributed by atoms with van der Waals surface area (Å²) in [6.07, 6.45) is 0. The van der Waals surface area contributed by atoms with E-state index in [0.717, 1.165) is 5.56 Å². The summed E-state index contributed by atoms with van der Waals surface area (Å²) in [5.74, 6) is -2.18. The molecule has 2 aromatic carbocycles. The maximum absolute atomic E-state index is 13.6. The van der Waals surface area contributed by atoms with E-state index in [2.05, 4.69) is 0 Å². The van der Waals surface area contributed by atoms with Gasteiger partial charge < -0.3 is 5.11 Å². The molecule has 2 rings (SSSR count). The molecule has 0 bridgehead atoms. The van der Waals surface area contributed by atoms with Crippen LogP contribution in [-0.4, -0.2) is 11.1 Å². The van der Waals surface area contributed by atoms with Gasteiger partial charge in [0.2, 0.25) is 0 Å². The third-order valence-electron chi connectivity index (χ3n) is 2.97. The van der Waals surface area contributed by atoms with Crippen LogP contribution in [0.5, 0.6) is 0 Å². The van der Waals surface area contributed by atoms with Crippen molar-refractivity contribution in [2.24, 2.45) is 0 Å². The Hall–Kier alpha value is -1.87. The van der Waals surface area contributed by atoms with Crippen LogP contribution < -0.4 is 0 Å². The molecule has 1 N–H and O–H groups in total. The first-order valence-electron chi connectivity index (χ1n) is 5.76. The lowest BCUT2D eigenvalue weighted by molar-refractivity contribution is -0.138. The molecule has 2 aromatic rings. The number of aliphatic carboxylic acids is 1. The number of rotatable bonds is 3. The molecule has 0 unspecified atom stereocenters. The normalized spacial score (nSPS) is 12.2. The highest BCUT2D eigenvalue weighted by Gasteiger charge is 2.15. The van der Waals surface area contributed by atoms with Gasteiger partial charge in [-0.25, -0.2) is 4.39 Å². The second-order valence-electron chi connectivity index (χ2n) is 4.34. The Kier molecular flexibility index (Phi) is 3.86. The molecule has 0 aromatic heterocycles. The van der Waals surface area contributed by atoms with E-state index in [-0.39, 0.29) is 0 Å². The van der Waals surface area contributed by atoms with Crippen LogP contribution in [0.1, 0.15) is 18.4 Å². The van der Waals surface area contributed by atoms with Gasteiger partial charge in [0.25, 0.3) is 0 Å². The Morgan fingerprint density at radius 3 is 2.37 bits per heavy atom. The number of carbonyl (C=O) groups is 1. The summed E-state index contributed by atoms with van der Waals surface area (Å²) in [5, 5.41) is 9.58. The van der Waals surface area contributed by atoms with E-state index in [1.807, 2.05) is 0 Å². The highest BCUT2D eigenvalue weighted by Crippen LogP contribution is 2.26. The Balaban J connectivity index is 2.47. The summed E-state index contributed by atoms with van der Waals surface area (Å²) in [6.45, 7) is 1.53. The molecule has 2 nitrogen and oxygen atoms in total. The van der Waals surface area contributed by atoms with Crippen molar-refractivity contribution in [2.75, 3.05) is 0 Å². The number of carboxylic acids is 1. The van der Waals surface area contributed by atoms with Crippen LogP contribution >= 0.6 is 11.6 Å². The fourth-order valence-corrected chi connectivity index (χ4v) is 1.94. The van der Waals surface area contributed by atoms with Crippen molar-refractivity contribution in [3.8, 4) is 11.1 Å². The Morgan fingerprint density at radius 2 is 1.79 bits per heavy atom. The summed E-state index contributed by atoms with van der Waals surface area (Å²) in [5.41, 5.74) is 1.87. The van der Waals surface area contributed by atoms with Crippen molar-refractivity contribution in [1.82, 2.24) is 0 Å². The largest absolute Gasteiger partial charge is 0.481 e. The zero-order chi connectivity index (χ0) is 14.0. The first-order valence-corrected chi connectivity index (χ1v) is 6.14. The number of hydrogen-bond donors (Lipinski definition) is 1. The van der Waals surface area contributed by atoms with Gasteiger partial charge in [-0.1, -0.05) is 29.8 Å². The average molecular weight is 279 g/mol. The van der Waals surface area contributed by atoms with Gasteiger partial charge in [-0.3, -0.25) is 4.79 Å². The lowest BCUT2D eigenvalue weighted by atomic mass is 9.96. The van der Waals surface area contributed by atoms with E-state index in [0.29, 0.717) is 16.1 Å². The van der Waals surface area contributed by atoms with E-state index in [1.54, 1.807) is 30.3 Å². The topological polar surface area (TPSA) is 37.3 Å². The molecule has 4 heteroatoms. The van der Waals surface area contributed by atoms with Crippen molar-refractivity contribution in [3.05, 3.63) is 58.9 Å². The molecular formula is C15H12ClFO2. The van der Waals surface area contributed by atoms with Crippen LogP contribution in [0.3, 0.4) is 0 Å². The molecule has 0 aliphatic rings. The molecule has 0 saturated heterocycles. The van der Waals surface area contributed by atoms with Crippen LogP contribution in [0.2, 0.25) is 5.02 Å². The summed E-state index contributed by atoms with van der Waals surface area (Å²) >= 11 is 5.80. The summed E-state index contributed by atoms with van der Waals surface area (Å²) < 4.78 is 13.6. The molecule has 98 valence electrons. The van der Waals surface area contributed by atoms with Crippen molar-refractivity contribution in [2.45, 2.75) is 12.8 Å². The van der Waals surface area contributed by atoms with E-state index in [9.17, 15) is 9.18 Å². The third kappa shape index (κ3) is 3.12. The van der Waals surface area contributed by atoms with Gasteiger partial charge in [0.05, 0.1) is 5.92 Å². The summed E-state index contributed by atoms with van der Waals surface area (Å²) in [4.78, 5) is 11.0. The van der Waals surface area contributed by atoms with E-state index >= 15 is 0 Å². The molecule has 0 fully saturated rings. The maximum atomic E-state index is 13.6. The molecule has 0 amide bonds. The molecule has 19 heavy (non-hydrogen) atoms. The van der Waals surface area contributed by atoms with Crippen molar-refractivity contribution < 1.29 is 14.3 Å². The predicted octanol–water partition coefficient (Wildman–Crippen LogP) is 4.33. The highest BCUT2D eigenvalue weighted by molar-refractivity contribution is 6.30. The Bertz CT molecular complexity index is 608. The van der Waals surface area contributed by atoms with Crippen LogP contribution in [0.25, 0.3) is 11.1 Å². The third-order valence-corrected chi connectivity index (χ3v) is 3.22. The number of benzene rings is 2. The van der Waals surface area contributed by atoms with Gasteiger partial charge in [-0.15, -0.1) is 0 Å². The van der Waals surface area contributed by atoms with Gasteiger partial charge in [-0.2, -0.15) is 0 Å². The maximum Gasteiger partial charge on any atom is 0.310 e. The Labute approximate surface area is 115 Å². The van der Waals surface area contributed by atoms with Gasteiger partial charge in [0.15, 0.2) is 0 Å². The standard InChI is InChI=1S/C15H12ClFO2/c1-9(15(18)19)11-6-12(8-14(17)7-11)10-2-4-13(16)5-3-10/h2-9H,1H3,(H,18,19)/t9-/m0/s1.